The number of aliphatic imine (C=N–C) groups is 1. The summed E-state index contributed by atoms with van der Waals surface area (Å²) in [5, 5.41) is 8.96. The molecule has 0 saturated carbocycles. The van der Waals surface area contributed by atoms with Crippen LogP contribution in [-0.4, -0.2) is 23.7 Å². The van der Waals surface area contributed by atoms with E-state index in [2.05, 4.69) is 15.2 Å². The molecule has 2 atom stereocenters. The van der Waals surface area contributed by atoms with Crippen LogP contribution in [-0.2, 0) is 0 Å². The number of ether oxygens (including phenoxy) is 1. The Balaban J connectivity index is 2.01. The highest BCUT2D eigenvalue weighted by atomic mass is 32.2. The molecule has 0 amide bonds. The second-order valence-electron chi connectivity index (χ2n) is 3.63. The second kappa shape index (κ2) is 5.18. The summed E-state index contributed by atoms with van der Waals surface area (Å²) in [6.45, 7) is 1.98. The van der Waals surface area contributed by atoms with Gasteiger partial charge in [0.25, 0.3) is 0 Å². The van der Waals surface area contributed by atoms with Crippen molar-refractivity contribution in [2.75, 3.05) is 7.11 Å². The van der Waals surface area contributed by atoms with Crippen LogP contribution in [0.3, 0.4) is 0 Å². The van der Waals surface area contributed by atoms with Crippen LogP contribution in [0.2, 0.25) is 0 Å². The van der Waals surface area contributed by atoms with Crippen molar-refractivity contribution in [1.82, 2.24) is 0 Å². The minimum Gasteiger partial charge on any atom is -0.497 e. The fourth-order valence-electron chi connectivity index (χ4n) is 1.41. The summed E-state index contributed by atoms with van der Waals surface area (Å²) in [7, 11) is 1.63. The predicted molar refractivity (Wildman–Crippen MR) is 70.0 cm³/mol. The quantitative estimate of drug-likeness (QED) is 0.838. The summed E-state index contributed by atoms with van der Waals surface area (Å²) in [6, 6.07) is 7.50. The molecule has 2 rings (SSSR count). The molecular formula is C11H14N4OS. The molecule has 0 radical (unpaired) electrons. The van der Waals surface area contributed by atoms with Crippen molar-refractivity contribution >= 4 is 22.6 Å². The summed E-state index contributed by atoms with van der Waals surface area (Å²) in [5.74, 6) is 0.806. The molecule has 1 aliphatic rings. The van der Waals surface area contributed by atoms with Gasteiger partial charge in [-0.3, -0.25) is 4.99 Å². The zero-order valence-electron chi connectivity index (χ0n) is 9.70. The summed E-state index contributed by atoms with van der Waals surface area (Å²) < 4.78 is 5.07. The van der Waals surface area contributed by atoms with E-state index in [4.69, 9.17) is 10.5 Å². The molecule has 90 valence electrons. The van der Waals surface area contributed by atoms with E-state index < -0.39 is 0 Å². The van der Waals surface area contributed by atoms with Gasteiger partial charge in [-0.15, -0.1) is 0 Å². The third kappa shape index (κ3) is 2.97. The highest BCUT2D eigenvalue weighted by molar-refractivity contribution is 8.14. The number of nitrogens with two attached hydrogens (primary N) is 1. The highest BCUT2D eigenvalue weighted by Gasteiger charge is 2.24. The Labute approximate surface area is 104 Å². The summed E-state index contributed by atoms with van der Waals surface area (Å²) >= 11 is 1.44. The van der Waals surface area contributed by atoms with E-state index in [9.17, 15) is 0 Å². The monoisotopic (exact) mass is 250 g/mol. The number of hydrogen-bond acceptors (Lipinski definition) is 6. The van der Waals surface area contributed by atoms with Gasteiger partial charge >= 0.3 is 0 Å². The first-order valence-electron chi connectivity index (χ1n) is 5.24. The van der Waals surface area contributed by atoms with Crippen LogP contribution in [0.4, 0.5) is 5.69 Å². The van der Waals surface area contributed by atoms with Crippen LogP contribution in [0, 0.1) is 0 Å². The number of nitrogens with zero attached hydrogens (tertiary/aromatic N) is 3. The number of azo groups is 1. The SMILES string of the molecule is COc1ccc(N=NC2SC(N)=NC2C)cc1. The molecule has 0 aliphatic carbocycles. The van der Waals surface area contributed by atoms with Crippen LogP contribution in [0.5, 0.6) is 5.75 Å². The van der Waals surface area contributed by atoms with E-state index >= 15 is 0 Å². The molecule has 1 heterocycles. The van der Waals surface area contributed by atoms with Gasteiger partial charge in [0.1, 0.15) is 11.1 Å². The van der Waals surface area contributed by atoms with Crippen LogP contribution >= 0.6 is 11.8 Å². The molecule has 0 saturated heterocycles. The van der Waals surface area contributed by atoms with Gasteiger partial charge in [0, 0.05) is 0 Å². The summed E-state index contributed by atoms with van der Waals surface area (Å²) in [6.07, 6.45) is 0. The van der Waals surface area contributed by atoms with E-state index in [-0.39, 0.29) is 11.4 Å². The van der Waals surface area contributed by atoms with Gasteiger partial charge in [-0.05, 0) is 31.2 Å². The number of amidine groups is 1. The van der Waals surface area contributed by atoms with Crippen molar-refractivity contribution in [1.29, 1.82) is 0 Å². The lowest BCUT2D eigenvalue weighted by Crippen LogP contribution is -2.09. The number of rotatable bonds is 3. The van der Waals surface area contributed by atoms with Crippen molar-refractivity contribution in [3.05, 3.63) is 24.3 Å². The molecule has 0 fully saturated rings. The van der Waals surface area contributed by atoms with Crippen molar-refractivity contribution in [2.45, 2.75) is 18.3 Å². The largest absolute Gasteiger partial charge is 0.497 e. The first-order chi connectivity index (χ1) is 8.19. The Morgan fingerprint density at radius 1 is 1.35 bits per heavy atom. The summed E-state index contributed by atoms with van der Waals surface area (Å²) in [4.78, 5) is 4.19. The highest BCUT2D eigenvalue weighted by Crippen LogP contribution is 2.27. The fourth-order valence-corrected chi connectivity index (χ4v) is 2.24. The number of thioether (sulfide) groups is 1. The van der Waals surface area contributed by atoms with Crippen molar-refractivity contribution < 1.29 is 4.74 Å². The molecule has 6 heteroatoms. The predicted octanol–water partition coefficient (Wildman–Crippen LogP) is 2.56. The summed E-state index contributed by atoms with van der Waals surface area (Å²) in [5.41, 5.74) is 6.41. The molecule has 2 N–H and O–H groups in total. The fraction of sp³-hybridized carbons (Fsp3) is 0.364. The topological polar surface area (TPSA) is 72.3 Å². The molecule has 0 bridgehead atoms. The molecule has 1 aromatic rings. The first kappa shape index (κ1) is 11.9. The molecule has 5 nitrogen and oxygen atoms in total. The van der Waals surface area contributed by atoms with Crippen LogP contribution in [0.25, 0.3) is 0 Å². The van der Waals surface area contributed by atoms with Crippen molar-refractivity contribution in [2.24, 2.45) is 21.0 Å². The third-order valence-electron chi connectivity index (χ3n) is 2.34. The van der Waals surface area contributed by atoms with E-state index in [1.54, 1.807) is 7.11 Å². The maximum absolute atomic E-state index is 5.62. The average Bonchev–Trinajstić information content (AvgIpc) is 2.66. The Hall–Kier alpha value is -1.56. The number of hydrogen-bond donors (Lipinski definition) is 1. The molecule has 1 aliphatic heterocycles. The maximum Gasteiger partial charge on any atom is 0.156 e. The van der Waals surface area contributed by atoms with Crippen molar-refractivity contribution in [3.8, 4) is 5.75 Å². The minimum atomic E-state index is -0.0166. The van der Waals surface area contributed by atoms with E-state index in [0.29, 0.717) is 5.17 Å². The maximum atomic E-state index is 5.62. The number of benzene rings is 1. The Kier molecular flexibility index (Phi) is 3.63. The minimum absolute atomic E-state index is 0.0166. The van der Waals surface area contributed by atoms with E-state index in [1.165, 1.54) is 11.8 Å². The average molecular weight is 250 g/mol. The second-order valence-corrected chi connectivity index (χ2v) is 4.77. The normalized spacial score (nSPS) is 24.0. The van der Waals surface area contributed by atoms with E-state index in [1.807, 2.05) is 31.2 Å². The van der Waals surface area contributed by atoms with Gasteiger partial charge in [-0.1, -0.05) is 11.8 Å². The zero-order valence-corrected chi connectivity index (χ0v) is 10.5. The van der Waals surface area contributed by atoms with Crippen LogP contribution in [0.1, 0.15) is 6.92 Å². The standard InChI is InChI=1S/C11H14N4OS/c1-7-10(17-11(12)13-7)15-14-8-3-5-9(16-2)6-4-8/h3-7,10H,1-2H3,(H2,12,13). The zero-order chi connectivity index (χ0) is 12.3. The van der Waals surface area contributed by atoms with Gasteiger partial charge in [-0.2, -0.15) is 10.2 Å². The molecule has 0 aromatic heterocycles. The molecular weight excluding hydrogens is 236 g/mol. The first-order valence-corrected chi connectivity index (χ1v) is 6.12. The van der Waals surface area contributed by atoms with Crippen molar-refractivity contribution in [3.63, 3.8) is 0 Å². The Morgan fingerprint density at radius 3 is 2.59 bits per heavy atom. The van der Waals surface area contributed by atoms with Gasteiger partial charge in [0.2, 0.25) is 0 Å². The van der Waals surface area contributed by atoms with E-state index in [0.717, 1.165) is 11.4 Å². The molecule has 2 unspecified atom stereocenters. The number of methoxy groups -OCH3 is 1. The van der Waals surface area contributed by atoms with Crippen LogP contribution in [0.15, 0.2) is 39.5 Å². The Morgan fingerprint density at radius 2 is 2.06 bits per heavy atom. The van der Waals surface area contributed by atoms with Gasteiger partial charge in [-0.25, -0.2) is 0 Å². The third-order valence-corrected chi connectivity index (χ3v) is 3.42. The molecule has 17 heavy (non-hydrogen) atoms. The van der Waals surface area contributed by atoms with Crippen LogP contribution < -0.4 is 10.5 Å². The lowest BCUT2D eigenvalue weighted by molar-refractivity contribution is 0.415. The van der Waals surface area contributed by atoms with Gasteiger partial charge in [0.05, 0.1) is 18.8 Å². The lowest BCUT2D eigenvalue weighted by Gasteiger charge is -2.04. The smallest absolute Gasteiger partial charge is 0.156 e. The van der Waals surface area contributed by atoms with Gasteiger partial charge in [0.15, 0.2) is 5.17 Å². The lowest BCUT2D eigenvalue weighted by atomic mass is 10.3. The molecule has 0 spiro atoms. The Bertz CT molecular complexity index is 443. The van der Waals surface area contributed by atoms with Gasteiger partial charge < -0.3 is 10.5 Å². The molecule has 1 aromatic carbocycles.